The van der Waals surface area contributed by atoms with E-state index < -0.39 is 5.97 Å². The maximum absolute atomic E-state index is 11.5. The molecule has 106 valence electrons. The fourth-order valence-corrected chi connectivity index (χ4v) is 4.27. The zero-order chi connectivity index (χ0) is 13.8. The monoisotopic (exact) mass is 345 g/mol. The lowest BCUT2D eigenvalue weighted by atomic mass is 10.00. The van der Waals surface area contributed by atoms with Gasteiger partial charge in [-0.2, -0.15) is 0 Å². The molecule has 2 unspecified atom stereocenters. The molecule has 1 saturated heterocycles. The summed E-state index contributed by atoms with van der Waals surface area (Å²) in [6.45, 7) is 3.00. The standard InChI is InChI=1S/C14H20BrNO2S/c1-10(13-8-11(15)9-19-13)16-7-5-3-2-4-6-12(16)14(17)18/h8-10,12H,2-7H2,1H3,(H,17,18). The molecule has 1 aliphatic rings. The normalized spacial score (nSPS) is 23.6. The first-order chi connectivity index (χ1) is 9.09. The molecule has 0 spiro atoms. The molecular weight excluding hydrogens is 326 g/mol. The molecule has 1 fully saturated rings. The van der Waals surface area contributed by atoms with E-state index in [1.54, 1.807) is 11.3 Å². The van der Waals surface area contributed by atoms with Crippen LogP contribution in [0.3, 0.4) is 0 Å². The van der Waals surface area contributed by atoms with Gasteiger partial charge in [0.25, 0.3) is 0 Å². The zero-order valence-electron chi connectivity index (χ0n) is 11.1. The van der Waals surface area contributed by atoms with Gasteiger partial charge in [-0.05, 0) is 48.3 Å². The molecule has 2 atom stereocenters. The fourth-order valence-electron chi connectivity index (χ4n) is 2.75. The van der Waals surface area contributed by atoms with Gasteiger partial charge in [0.05, 0.1) is 0 Å². The Kier molecular flexibility index (Phi) is 5.42. The van der Waals surface area contributed by atoms with Crippen LogP contribution < -0.4 is 0 Å². The van der Waals surface area contributed by atoms with E-state index in [4.69, 9.17) is 0 Å². The molecule has 5 heteroatoms. The Bertz CT molecular complexity index is 435. The van der Waals surface area contributed by atoms with Gasteiger partial charge in [0.1, 0.15) is 6.04 Å². The van der Waals surface area contributed by atoms with E-state index in [-0.39, 0.29) is 12.1 Å². The molecule has 0 amide bonds. The summed E-state index contributed by atoms with van der Waals surface area (Å²) in [6, 6.07) is 1.94. The van der Waals surface area contributed by atoms with Gasteiger partial charge in [0.15, 0.2) is 0 Å². The average molecular weight is 346 g/mol. The molecule has 0 aliphatic carbocycles. The second-order valence-electron chi connectivity index (χ2n) is 5.14. The predicted molar refractivity (Wildman–Crippen MR) is 81.6 cm³/mol. The number of rotatable bonds is 3. The summed E-state index contributed by atoms with van der Waals surface area (Å²) in [5.41, 5.74) is 0. The van der Waals surface area contributed by atoms with E-state index in [2.05, 4.69) is 39.2 Å². The summed E-state index contributed by atoms with van der Waals surface area (Å²) >= 11 is 5.17. The lowest BCUT2D eigenvalue weighted by Gasteiger charge is -2.35. The van der Waals surface area contributed by atoms with Crippen LogP contribution in [0, 0.1) is 0 Å². The molecule has 19 heavy (non-hydrogen) atoms. The number of carboxylic acid groups (broad SMARTS) is 1. The summed E-state index contributed by atoms with van der Waals surface area (Å²) in [5.74, 6) is -0.677. The number of hydrogen-bond donors (Lipinski definition) is 1. The Hall–Kier alpha value is -0.390. The minimum absolute atomic E-state index is 0.176. The van der Waals surface area contributed by atoms with Gasteiger partial charge in [-0.1, -0.05) is 19.3 Å². The number of aliphatic carboxylic acids is 1. The summed E-state index contributed by atoms with van der Waals surface area (Å²) < 4.78 is 1.08. The minimum atomic E-state index is -0.677. The number of hydrogen-bond acceptors (Lipinski definition) is 3. The van der Waals surface area contributed by atoms with Crippen molar-refractivity contribution in [2.75, 3.05) is 6.54 Å². The quantitative estimate of drug-likeness (QED) is 0.888. The molecule has 2 heterocycles. The minimum Gasteiger partial charge on any atom is -0.480 e. The molecule has 1 N–H and O–H groups in total. The smallest absolute Gasteiger partial charge is 0.320 e. The van der Waals surface area contributed by atoms with Crippen LogP contribution in [0.1, 0.15) is 49.9 Å². The SMILES string of the molecule is CC(c1cc(Br)cs1)N1CCCCCCC1C(=O)O. The molecule has 0 radical (unpaired) electrons. The van der Waals surface area contributed by atoms with Crippen LogP contribution in [-0.4, -0.2) is 28.6 Å². The lowest BCUT2D eigenvalue weighted by Crippen LogP contribution is -2.43. The van der Waals surface area contributed by atoms with Crippen LogP contribution >= 0.6 is 27.3 Å². The second kappa shape index (κ2) is 6.86. The molecular formula is C14H20BrNO2S. The van der Waals surface area contributed by atoms with Crippen molar-refractivity contribution in [2.24, 2.45) is 0 Å². The summed E-state index contributed by atoms with van der Waals surface area (Å²) in [7, 11) is 0. The Morgan fingerprint density at radius 1 is 1.47 bits per heavy atom. The highest BCUT2D eigenvalue weighted by Crippen LogP contribution is 2.32. The number of carboxylic acids is 1. The molecule has 3 nitrogen and oxygen atoms in total. The van der Waals surface area contributed by atoms with Crippen LogP contribution in [0.4, 0.5) is 0 Å². The van der Waals surface area contributed by atoms with E-state index in [1.165, 1.54) is 11.3 Å². The highest BCUT2D eigenvalue weighted by Gasteiger charge is 2.30. The first-order valence-corrected chi connectivity index (χ1v) is 8.49. The van der Waals surface area contributed by atoms with Crippen molar-refractivity contribution in [3.05, 3.63) is 20.8 Å². The highest BCUT2D eigenvalue weighted by molar-refractivity contribution is 9.10. The molecule has 1 aliphatic heterocycles. The lowest BCUT2D eigenvalue weighted by molar-refractivity contribution is -0.145. The maximum Gasteiger partial charge on any atom is 0.320 e. The summed E-state index contributed by atoms with van der Waals surface area (Å²) in [6.07, 6.45) is 5.27. The van der Waals surface area contributed by atoms with Gasteiger partial charge < -0.3 is 5.11 Å². The first kappa shape index (κ1) is 15.0. The van der Waals surface area contributed by atoms with Crippen LogP contribution in [0.25, 0.3) is 0 Å². The highest BCUT2D eigenvalue weighted by atomic mass is 79.9. The van der Waals surface area contributed by atoms with Crippen molar-refractivity contribution >= 4 is 33.2 Å². The third-order valence-corrected chi connectivity index (χ3v) is 5.69. The Balaban J connectivity index is 2.18. The third kappa shape index (κ3) is 3.80. The van der Waals surface area contributed by atoms with E-state index in [0.717, 1.165) is 36.7 Å². The van der Waals surface area contributed by atoms with Gasteiger partial charge in [-0.3, -0.25) is 9.69 Å². The van der Waals surface area contributed by atoms with Crippen molar-refractivity contribution in [3.8, 4) is 0 Å². The summed E-state index contributed by atoms with van der Waals surface area (Å²) in [4.78, 5) is 14.9. The number of thiophene rings is 1. The molecule has 0 saturated carbocycles. The van der Waals surface area contributed by atoms with Gasteiger partial charge in [0, 0.05) is 20.8 Å². The van der Waals surface area contributed by atoms with Crippen LogP contribution in [0.15, 0.2) is 15.9 Å². The van der Waals surface area contributed by atoms with E-state index in [0.29, 0.717) is 0 Å². The maximum atomic E-state index is 11.5. The number of nitrogens with zero attached hydrogens (tertiary/aromatic N) is 1. The van der Waals surface area contributed by atoms with Gasteiger partial charge in [0.2, 0.25) is 0 Å². The zero-order valence-corrected chi connectivity index (χ0v) is 13.5. The van der Waals surface area contributed by atoms with E-state index in [9.17, 15) is 9.90 Å². The number of likely N-dealkylation sites (tertiary alicyclic amines) is 1. The Morgan fingerprint density at radius 3 is 2.84 bits per heavy atom. The van der Waals surface area contributed by atoms with Gasteiger partial charge in [-0.25, -0.2) is 0 Å². The van der Waals surface area contributed by atoms with Crippen molar-refractivity contribution in [1.29, 1.82) is 0 Å². The Labute approximate surface area is 126 Å². The average Bonchev–Trinajstić information content (AvgIpc) is 2.74. The van der Waals surface area contributed by atoms with Crippen molar-refractivity contribution in [2.45, 2.75) is 51.1 Å². The van der Waals surface area contributed by atoms with Crippen LogP contribution in [-0.2, 0) is 4.79 Å². The Morgan fingerprint density at radius 2 is 2.21 bits per heavy atom. The third-order valence-electron chi connectivity index (χ3n) is 3.83. The van der Waals surface area contributed by atoms with Crippen molar-refractivity contribution in [3.63, 3.8) is 0 Å². The van der Waals surface area contributed by atoms with E-state index >= 15 is 0 Å². The molecule has 1 aromatic heterocycles. The summed E-state index contributed by atoms with van der Waals surface area (Å²) in [5, 5.41) is 11.5. The van der Waals surface area contributed by atoms with Crippen molar-refractivity contribution in [1.82, 2.24) is 4.90 Å². The topological polar surface area (TPSA) is 40.5 Å². The molecule has 0 bridgehead atoms. The van der Waals surface area contributed by atoms with E-state index in [1.807, 2.05) is 0 Å². The number of carbonyl (C=O) groups is 1. The van der Waals surface area contributed by atoms with Crippen LogP contribution in [0.5, 0.6) is 0 Å². The molecule has 0 aromatic carbocycles. The molecule has 2 rings (SSSR count). The molecule has 1 aromatic rings. The van der Waals surface area contributed by atoms with Crippen LogP contribution in [0.2, 0.25) is 0 Å². The fraction of sp³-hybridized carbons (Fsp3) is 0.643. The van der Waals surface area contributed by atoms with Gasteiger partial charge >= 0.3 is 5.97 Å². The number of halogens is 1. The largest absolute Gasteiger partial charge is 0.480 e. The van der Waals surface area contributed by atoms with Gasteiger partial charge in [-0.15, -0.1) is 11.3 Å². The predicted octanol–water partition coefficient (Wildman–Crippen LogP) is 4.29. The van der Waals surface area contributed by atoms with Crippen molar-refractivity contribution < 1.29 is 9.90 Å². The second-order valence-corrected chi connectivity index (χ2v) is 7.00. The first-order valence-electron chi connectivity index (χ1n) is 6.82.